The molecule has 2 saturated carbocycles. The van der Waals surface area contributed by atoms with Gasteiger partial charge < -0.3 is 14.5 Å². The Morgan fingerprint density at radius 1 is 1.20 bits per heavy atom. The first-order valence-electron chi connectivity index (χ1n) is 12.3. The average Bonchev–Trinajstić information content (AvgIpc) is 3.33. The number of quaternary nitrogens is 1. The molecule has 0 unspecified atom stereocenters. The number of furan rings is 1. The quantitative estimate of drug-likeness (QED) is 0.581. The monoisotopic (exact) mass is 412 g/mol. The summed E-state index contributed by atoms with van der Waals surface area (Å²) in [6, 6.07) is 4.68. The minimum absolute atomic E-state index is 0.0207. The molecule has 0 bridgehead atoms. The van der Waals surface area contributed by atoms with E-state index >= 15 is 0 Å². The molecule has 1 aliphatic heterocycles. The number of nitrogens with two attached hydrogens (primary N) is 1. The molecule has 2 N–H and O–H groups in total. The summed E-state index contributed by atoms with van der Waals surface area (Å²) in [6.45, 7) is 5.65. The second kappa shape index (κ2) is 8.18. The van der Waals surface area contributed by atoms with Crippen LogP contribution in [-0.4, -0.2) is 24.7 Å². The number of carbonyl (C=O) groups excluding carboxylic acids is 1. The van der Waals surface area contributed by atoms with E-state index in [1.165, 1.54) is 44.9 Å². The molecule has 0 amide bonds. The van der Waals surface area contributed by atoms with Crippen LogP contribution in [0.3, 0.4) is 0 Å². The molecular formula is C26H38NO3+. The number of ether oxygens (including phenoxy) is 1. The minimum atomic E-state index is 0.0207. The van der Waals surface area contributed by atoms with Gasteiger partial charge in [0.25, 0.3) is 0 Å². The fraction of sp³-hybridized carbons (Fsp3) is 0.731. The molecule has 0 radical (unpaired) electrons. The van der Waals surface area contributed by atoms with E-state index < -0.39 is 0 Å². The molecule has 0 aromatic carbocycles. The van der Waals surface area contributed by atoms with Gasteiger partial charge in [-0.15, -0.1) is 0 Å². The first-order valence-corrected chi connectivity index (χ1v) is 12.3. The number of allylic oxidation sites excluding steroid dienone is 1. The summed E-state index contributed by atoms with van der Waals surface area (Å²) in [6.07, 6.45) is 15.4. The zero-order valence-electron chi connectivity index (χ0n) is 18.6. The maximum Gasteiger partial charge on any atom is 0.315 e. The van der Waals surface area contributed by atoms with Crippen LogP contribution in [-0.2, 0) is 16.0 Å². The third kappa shape index (κ3) is 3.77. The van der Waals surface area contributed by atoms with Gasteiger partial charge in [0.2, 0.25) is 0 Å². The standard InChI is InChI=1S/C26H37NO3/c1-17-7-5-11-26(2)15-24-20(14-22(17)26)21(25(28)30-24)16-27-23-10-4-3-8-18(23)13-19-9-6-12-29-19/h6,9,12,14,17-18,20-21,23-24,27H,3-5,7-8,10-11,13,15-16H2,1-2H3/p+1/t17-,18+,20+,21+,23+,24+,26+/m0/s1. The third-order valence-electron chi connectivity index (χ3n) is 8.79. The van der Waals surface area contributed by atoms with Crippen molar-refractivity contribution in [3.05, 3.63) is 35.8 Å². The molecule has 4 aliphatic rings. The molecular weight excluding hydrogens is 374 g/mol. The number of hydrogen-bond acceptors (Lipinski definition) is 3. The lowest BCUT2D eigenvalue weighted by molar-refractivity contribution is -0.702. The van der Waals surface area contributed by atoms with Crippen molar-refractivity contribution < 1.29 is 19.3 Å². The number of fused-ring (bicyclic) bond motifs is 2. The predicted molar refractivity (Wildman–Crippen MR) is 116 cm³/mol. The second-order valence-electron chi connectivity index (χ2n) is 10.8. The lowest BCUT2D eigenvalue weighted by Gasteiger charge is -2.45. The molecule has 30 heavy (non-hydrogen) atoms. The first kappa shape index (κ1) is 20.4. The van der Waals surface area contributed by atoms with Crippen molar-refractivity contribution in [3.63, 3.8) is 0 Å². The molecule has 4 nitrogen and oxygen atoms in total. The molecule has 164 valence electrons. The van der Waals surface area contributed by atoms with E-state index in [2.05, 4.69) is 31.3 Å². The van der Waals surface area contributed by atoms with E-state index in [9.17, 15) is 4.79 Å². The van der Waals surface area contributed by atoms with Crippen molar-refractivity contribution in [2.75, 3.05) is 6.54 Å². The largest absolute Gasteiger partial charge is 0.469 e. The second-order valence-corrected chi connectivity index (χ2v) is 10.8. The molecule has 5 rings (SSSR count). The van der Waals surface area contributed by atoms with Crippen molar-refractivity contribution in [2.24, 2.45) is 29.1 Å². The van der Waals surface area contributed by atoms with E-state index in [1.54, 1.807) is 11.8 Å². The van der Waals surface area contributed by atoms with Gasteiger partial charge in [0.1, 0.15) is 17.8 Å². The van der Waals surface area contributed by atoms with Crippen molar-refractivity contribution >= 4 is 5.97 Å². The Balaban J connectivity index is 1.28. The summed E-state index contributed by atoms with van der Waals surface area (Å²) < 4.78 is 11.6. The molecule has 3 fully saturated rings. The van der Waals surface area contributed by atoms with E-state index in [-0.39, 0.29) is 29.3 Å². The van der Waals surface area contributed by atoms with Gasteiger partial charge in [-0.05, 0) is 62.0 Å². The van der Waals surface area contributed by atoms with Gasteiger partial charge in [0.15, 0.2) is 0 Å². The van der Waals surface area contributed by atoms with Gasteiger partial charge in [-0.1, -0.05) is 38.3 Å². The van der Waals surface area contributed by atoms with E-state index in [4.69, 9.17) is 9.15 Å². The first-order chi connectivity index (χ1) is 14.5. The lowest BCUT2D eigenvalue weighted by Crippen LogP contribution is -2.93. The molecule has 2 heterocycles. The molecule has 0 spiro atoms. The zero-order chi connectivity index (χ0) is 20.7. The van der Waals surface area contributed by atoms with Crippen molar-refractivity contribution in [2.45, 2.75) is 83.8 Å². The molecule has 4 heteroatoms. The fourth-order valence-corrected chi connectivity index (χ4v) is 7.12. The van der Waals surface area contributed by atoms with Crippen LogP contribution in [0, 0.1) is 29.1 Å². The predicted octanol–water partition coefficient (Wildman–Crippen LogP) is 4.26. The number of esters is 1. The number of carbonyl (C=O) groups is 1. The highest BCUT2D eigenvalue weighted by atomic mass is 16.6. The van der Waals surface area contributed by atoms with Crippen LogP contribution < -0.4 is 5.32 Å². The molecule has 1 aromatic rings. The molecule has 3 aliphatic carbocycles. The summed E-state index contributed by atoms with van der Waals surface area (Å²) in [7, 11) is 0. The molecule has 7 atom stereocenters. The lowest BCUT2D eigenvalue weighted by atomic mass is 9.59. The van der Waals surface area contributed by atoms with Gasteiger partial charge >= 0.3 is 5.97 Å². The smallest absolute Gasteiger partial charge is 0.315 e. The highest BCUT2D eigenvalue weighted by Gasteiger charge is 2.52. The summed E-state index contributed by atoms with van der Waals surface area (Å²) in [5.74, 6) is 2.75. The van der Waals surface area contributed by atoms with Crippen LogP contribution in [0.25, 0.3) is 0 Å². The van der Waals surface area contributed by atoms with Crippen LogP contribution >= 0.6 is 0 Å². The maximum absolute atomic E-state index is 12.9. The summed E-state index contributed by atoms with van der Waals surface area (Å²) in [5.41, 5.74) is 1.86. The van der Waals surface area contributed by atoms with E-state index in [0.717, 1.165) is 25.1 Å². The van der Waals surface area contributed by atoms with Crippen LogP contribution in [0.1, 0.15) is 71.0 Å². The van der Waals surface area contributed by atoms with Gasteiger partial charge in [-0.2, -0.15) is 0 Å². The van der Waals surface area contributed by atoms with Crippen LogP contribution in [0.15, 0.2) is 34.5 Å². The highest BCUT2D eigenvalue weighted by Crippen LogP contribution is 2.53. The van der Waals surface area contributed by atoms with E-state index in [1.807, 2.05) is 6.07 Å². The summed E-state index contributed by atoms with van der Waals surface area (Å²) in [5, 5.41) is 2.48. The van der Waals surface area contributed by atoms with Crippen molar-refractivity contribution in [1.29, 1.82) is 0 Å². The Kier molecular flexibility index (Phi) is 5.55. The Labute approximate surface area is 180 Å². The van der Waals surface area contributed by atoms with Gasteiger partial charge in [0.05, 0.1) is 18.8 Å². The summed E-state index contributed by atoms with van der Waals surface area (Å²) in [4.78, 5) is 12.9. The summed E-state index contributed by atoms with van der Waals surface area (Å²) >= 11 is 0. The molecule has 1 aromatic heterocycles. The fourth-order valence-electron chi connectivity index (χ4n) is 7.12. The van der Waals surface area contributed by atoms with Gasteiger partial charge in [-0.25, -0.2) is 0 Å². The van der Waals surface area contributed by atoms with Crippen LogP contribution in [0.5, 0.6) is 0 Å². The minimum Gasteiger partial charge on any atom is -0.469 e. The normalized spacial score (nSPS) is 41.0. The van der Waals surface area contributed by atoms with Crippen molar-refractivity contribution in [3.8, 4) is 0 Å². The zero-order valence-corrected chi connectivity index (χ0v) is 18.6. The Morgan fingerprint density at radius 2 is 2.07 bits per heavy atom. The average molecular weight is 413 g/mol. The molecule has 1 saturated heterocycles. The van der Waals surface area contributed by atoms with Crippen molar-refractivity contribution in [1.82, 2.24) is 0 Å². The topological polar surface area (TPSA) is 56.0 Å². The Morgan fingerprint density at radius 3 is 2.90 bits per heavy atom. The number of hydrogen-bond donors (Lipinski definition) is 1. The highest BCUT2D eigenvalue weighted by molar-refractivity contribution is 5.76. The van der Waals surface area contributed by atoms with Crippen LogP contribution in [0.4, 0.5) is 0 Å². The van der Waals surface area contributed by atoms with Crippen LogP contribution in [0.2, 0.25) is 0 Å². The third-order valence-corrected chi connectivity index (χ3v) is 8.79. The van der Waals surface area contributed by atoms with E-state index in [0.29, 0.717) is 17.9 Å². The Hall–Kier alpha value is -1.55. The Bertz CT molecular complexity index is 784. The SMILES string of the molecule is C[C@H]1CCC[C@]2(C)C[C@H]3OC(=O)[C@H](C[NH2+][C@@H]4CCCC[C@@H]4Cc4ccco4)[C@H]3C=C12. The van der Waals surface area contributed by atoms with Gasteiger partial charge in [-0.3, -0.25) is 4.79 Å². The maximum atomic E-state index is 12.9. The van der Waals surface area contributed by atoms with Gasteiger partial charge in [0, 0.05) is 18.3 Å². The number of rotatable bonds is 5.